The number of aliphatic imine (C=N–C) groups is 1. The normalized spacial score (nSPS) is 11.9. The smallest absolute Gasteiger partial charge is 0.209 e. The summed E-state index contributed by atoms with van der Waals surface area (Å²) in [6, 6.07) is 0. The molecule has 0 aromatic carbocycles. The molecule has 0 aliphatic heterocycles. The van der Waals surface area contributed by atoms with Crippen molar-refractivity contribution in [2.75, 3.05) is 0 Å². The number of hydrogen-bond acceptors (Lipinski definition) is 2. The van der Waals surface area contributed by atoms with E-state index >= 15 is 0 Å². The van der Waals surface area contributed by atoms with Gasteiger partial charge in [-0.05, 0) is 44.4 Å². The number of aliphatic hydroxyl groups is 1. The zero-order valence-electron chi connectivity index (χ0n) is 9.46. The maximum Gasteiger partial charge on any atom is 0.209 e. The molecule has 78 valence electrons. The van der Waals surface area contributed by atoms with Crippen molar-refractivity contribution in [2.45, 2.75) is 34.1 Å². The summed E-state index contributed by atoms with van der Waals surface area (Å²) in [4.78, 5) is 4.08. The number of rotatable bonds is 4. The lowest BCUT2D eigenvalue weighted by Crippen LogP contribution is -1.96. The van der Waals surface area contributed by atoms with E-state index in [4.69, 9.17) is 0 Å². The van der Waals surface area contributed by atoms with Crippen LogP contribution in [0.4, 0.5) is 0 Å². The SMILES string of the molecule is C=C(C)C(/C=C\CC)=N\C(O)=C(C)C. The largest absolute Gasteiger partial charge is 0.493 e. The minimum absolute atomic E-state index is 0.0729. The van der Waals surface area contributed by atoms with Crippen LogP contribution in [0, 0.1) is 0 Å². The topological polar surface area (TPSA) is 32.6 Å². The average molecular weight is 193 g/mol. The molecule has 0 radical (unpaired) electrons. The third kappa shape index (κ3) is 4.65. The lowest BCUT2D eigenvalue weighted by Gasteiger charge is -2.00. The molecule has 0 aliphatic carbocycles. The summed E-state index contributed by atoms with van der Waals surface area (Å²) in [6.45, 7) is 11.4. The van der Waals surface area contributed by atoms with E-state index in [0.717, 1.165) is 23.3 Å². The van der Waals surface area contributed by atoms with Gasteiger partial charge in [-0.2, -0.15) is 0 Å². The minimum atomic E-state index is 0.0729. The van der Waals surface area contributed by atoms with E-state index in [2.05, 4.69) is 11.6 Å². The van der Waals surface area contributed by atoms with Crippen LogP contribution in [0.15, 0.2) is 40.8 Å². The predicted octanol–water partition coefficient (Wildman–Crippen LogP) is 3.78. The number of aliphatic hydroxyl groups excluding tert-OH is 1. The molecule has 14 heavy (non-hydrogen) atoms. The Balaban J connectivity index is 4.93. The van der Waals surface area contributed by atoms with E-state index in [1.807, 2.05) is 39.8 Å². The molecule has 0 unspecified atom stereocenters. The summed E-state index contributed by atoms with van der Waals surface area (Å²) in [5.41, 5.74) is 2.38. The summed E-state index contributed by atoms with van der Waals surface area (Å²) in [5.74, 6) is 0.0729. The summed E-state index contributed by atoms with van der Waals surface area (Å²) < 4.78 is 0. The molecular formula is C12H19NO. The minimum Gasteiger partial charge on any atom is -0.493 e. The fourth-order valence-corrected chi connectivity index (χ4v) is 0.730. The zero-order chi connectivity index (χ0) is 11.1. The van der Waals surface area contributed by atoms with Gasteiger partial charge in [0.1, 0.15) is 0 Å². The summed E-state index contributed by atoms with van der Waals surface area (Å²) >= 11 is 0. The van der Waals surface area contributed by atoms with Crippen molar-refractivity contribution in [1.82, 2.24) is 0 Å². The third-order valence-electron chi connectivity index (χ3n) is 1.62. The highest BCUT2D eigenvalue weighted by atomic mass is 16.3. The zero-order valence-corrected chi connectivity index (χ0v) is 9.46. The Morgan fingerprint density at radius 1 is 1.36 bits per heavy atom. The number of hydrogen-bond donors (Lipinski definition) is 1. The number of nitrogens with zero attached hydrogens (tertiary/aromatic N) is 1. The van der Waals surface area contributed by atoms with E-state index in [1.165, 1.54) is 0 Å². The molecule has 0 spiro atoms. The molecule has 0 aromatic heterocycles. The molecular weight excluding hydrogens is 174 g/mol. The molecule has 1 N–H and O–H groups in total. The van der Waals surface area contributed by atoms with Crippen LogP contribution in [0.3, 0.4) is 0 Å². The molecule has 0 aliphatic rings. The lowest BCUT2D eigenvalue weighted by atomic mass is 10.2. The monoisotopic (exact) mass is 193 g/mol. The van der Waals surface area contributed by atoms with Gasteiger partial charge < -0.3 is 5.11 Å². The van der Waals surface area contributed by atoms with E-state index < -0.39 is 0 Å². The predicted molar refractivity (Wildman–Crippen MR) is 62.7 cm³/mol. The Labute approximate surface area is 86.4 Å². The second-order valence-corrected chi connectivity index (χ2v) is 3.41. The van der Waals surface area contributed by atoms with Gasteiger partial charge in [0.15, 0.2) is 0 Å². The van der Waals surface area contributed by atoms with Crippen LogP contribution in [0.25, 0.3) is 0 Å². The van der Waals surface area contributed by atoms with E-state index in [9.17, 15) is 5.11 Å². The molecule has 0 saturated heterocycles. The highest BCUT2D eigenvalue weighted by Crippen LogP contribution is 2.05. The summed E-state index contributed by atoms with van der Waals surface area (Å²) in [5, 5.41) is 9.46. The first-order valence-electron chi connectivity index (χ1n) is 4.76. The Morgan fingerprint density at radius 3 is 2.29 bits per heavy atom. The fraction of sp³-hybridized carbons (Fsp3) is 0.417. The first-order chi connectivity index (χ1) is 6.49. The van der Waals surface area contributed by atoms with Gasteiger partial charge >= 0.3 is 0 Å². The van der Waals surface area contributed by atoms with Crippen LogP contribution in [0.1, 0.15) is 34.1 Å². The maximum absolute atomic E-state index is 9.46. The molecule has 0 saturated carbocycles. The first-order valence-corrected chi connectivity index (χ1v) is 4.76. The van der Waals surface area contributed by atoms with Crippen molar-refractivity contribution < 1.29 is 5.11 Å². The average Bonchev–Trinajstić information content (AvgIpc) is 2.10. The van der Waals surface area contributed by atoms with Crippen LogP contribution < -0.4 is 0 Å². The molecule has 0 amide bonds. The van der Waals surface area contributed by atoms with Gasteiger partial charge in [-0.25, -0.2) is 4.99 Å². The highest BCUT2D eigenvalue weighted by Gasteiger charge is 1.98. The second-order valence-electron chi connectivity index (χ2n) is 3.41. The first kappa shape index (κ1) is 12.7. The van der Waals surface area contributed by atoms with Crippen LogP contribution in [0.5, 0.6) is 0 Å². The molecule has 2 heteroatoms. The van der Waals surface area contributed by atoms with Crippen LogP contribution in [0.2, 0.25) is 0 Å². The summed E-state index contributed by atoms with van der Waals surface area (Å²) in [6.07, 6.45) is 4.81. The summed E-state index contributed by atoms with van der Waals surface area (Å²) in [7, 11) is 0. The molecule has 0 fully saturated rings. The van der Waals surface area contributed by atoms with Crippen LogP contribution in [-0.2, 0) is 0 Å². The second kappa shape index (κ2) is 6.19. The van der Waals surface area contributed by atoms with Gasteiger partial charge in [0.05, 0.1) is 5.71 Å². The van der Waals surface area contributed by atoms with Gasteiger partial charge in [-0.3, -0.25) is 0 Å². The Kier molecular flexibility index (Phi) is 5.61. The molecule has 0 heterocycles. The van der Waals surface area contributed by atoms with Crippen molar-refractivity contribution in [2.24, 2.45) is 4.99 Å². The van der Waals surface area contributed by atoms with Crippen molar-refractivity contribution in [3.63, 3.8) is 0 Å². The van der Waals surface area contributed by atoms with Gasteiger partial charge in [0.25, 0.3) is 0 Å². The Morgan fingerprint density at radius 2 is 1.93 bits per heavy atom. The molecule has 0 aromatic rings. The standard InChI is InChI=1S/C12H19NO/c1-6-7-8-11(9(2)3)13-12(14)10(4)5/h7-8,14H,2,6H2,1,3-5H3/b8-7-,13-11-. The van der Waals surface area contributed by atoms with E-state index in [0.29, 0.717) is 0 Å². The highest BCUT2D eigenvalue weighted by molar-refractivity contribution is 6.07. The van der Waals surface area contributed by atoms with Crippen molar-refractivity contribution >= 4 is 5.71 Å². The molecule has 0 atom stereocenters. The maximum atomic E-state index is 9.46. The van der Waals surface area contributed by atoms with Crippen molar-refractivity contribution in [3.8, 4) is 0 Å². The number of allylic oxidation sites excluding steroid dienone is 4. The van der Waals surface area contributed by atoms with Crippen molar-refractivity contribution in [1.29, 1.82) is 0 Å². The van der Waals surface area contributed by atoms with Gasteiger partial charge in [0, 0.05) is 0 Å². The quantitative estimate of drug-likeness (QED) is 0.535. The Hall–Kier alpha value is -1.31. The van der Waals surface area contributed by atoms with Crippen LogP contribution >= 0.6 is 0 Å². The third-order valence-corrected chi connectivity index (χ3v) is 1.62. The van der Waals surface area contributed by atoms with Gasteiger partial charge in [0.2, 0.25) is 5.88 Å². The van der Waals surface area contributed by atoms with E-state index in [1.54, 1.807) is 0 Å². The lowest BCUT2D eigenvalue weighted by molar-refractivity contribution is 0.400. The molecule has 0 rings (SSSR count). The Bertz CT molecular complexity index is 291. The van der Waals surface area contributed by atoms with Gasteiger partial charge in [-0.1, -0.05) is 19.6 Å². The molecule has 0 bridgehead atoms. The molecule has 2 nitrogen and oxygen atoms in total. The van der Waals surface area contributed by atoms with Gasteiger partial charge in [-0.15, -0.1) is 0 Å². The van der Waals surface area contributed by atoms with E-state index in [-0.39, 0.29) is 5.88 Å². The van der Waals surface area contributed by atoms with Crippen molar-refractivity contribution in [3.05, 3.63) is 35.8 Å². The fourth-order valence-electron chi connectivity index (χ4n) is 0.730. The van der Waals surface area contributed by atoms with Crippen LogP contribution in [-0.4, -0.2) is 10.8 Å².